The molecule has 1 amide bonds. The van der Waals surface area contributed by atoms with Gasteiger partial charge in [-0.1, -0.05) is 0 Å². The van der Waals surface area contributed by atoms with Crippen LogP contribution in [-0.4, -0.2) is 43.9 Å². The summed E-state index contributed by atoms with van der Waals surface area (Å²) >= 11 is 0. The molecular formula is C22H20FN5O3. The summed E-state index contributed by atoms with van der Waals surface area (Å²) in [5, 5.41) is 12.6. The first-order chi connectivity index (χ1) is 15.1. The van der Waals surface area contributed by atoms with E-state index in [9.17, 15) is 9.18 Å². The van der Waals surface area contributed by atoms with Crippen molar-refractivity contribution in [2.75, 3.05) is 13.1 Å². The minimum atomic E-state index is -0.309. The van der Waals surface area contributed by atoms with Crippen LogP contribution in [0.25, 0.3) is 22.9 Å². The van der Waals surface area contributed by atoms with E-state index < -0.39 is 0 Å². The van der Waals surface area contributed by atoms with E-state index in [1.165, 1.54) is 12.1 Å². The number of likely N-dealkylation sites (tertiary alicyclic amines) is 1. The van der Waals surface area contributed by atoms with Crippen molar-refractivity contribution in [3.63, 3.8) is 0 Å². The number of hydrogen-bond donors (Lipinski definition) is 0. The molecule has 0 spiro atoms. The van der Waals surface area contributed by atoms with Crippen LogP contribution in [0.4, 0.5) is 4.39 Å². The summed E-state index contributed by atoms with van der Waals surface area (Å²) in [5.41, 5.74) is 1.89. The van der Waals surface area contributed by atoms with Gasteiger partial charge in [0.05, 0.1) is 12.0 Å². The summed E-state index contributed by atoms with van der Waals surface area (Å²) in [6.07, 6.45) is 3.02. The van der Waals surface area contributed by atoms with Crippen LogP contribution in [0.15, 0.2) is 57.6 Å². The first-order valence-electron chi connectivity index (χ1n) is 10.0. The van der Waals surface area contributed by atoms with Gasteiger partial charge in [0.15, 0.2) is 5.76 Å². The maximum Gasteiger partial charge on any atom is 0.283 e. The number of benzene rings is 1. The second-order valence-electron chi connectivity index (χ2n) is 7.53. The molecule has 4 heterocycles. The number of aromatic nitrogens is 4. The average Bonchev–Trinajstić information content (AvgIpc) is 3.54. The number of piperidine rings is 1. The molecule has 1 saturated heterocycles. The third-order valence-corrected chi connectivity index (χ3v) is 5.54. The van der Waals surface area contributed by atoms with Gasteiger partial charge in [0.25, 0.3) is 11.8 Å². The van der Waals surface area contributed by atoms with Crippen LogP contribution in [0, 0.1) is 5.82 Å². The van der Waals surface area contributed by atoms with Crippen molar-refractivity contribution < 1.29 is 18.0 Å². The molecule has 0 unspecified atom stereocenters. The van der Waals surface area contributed by atoms with Gasteiger partial charge in [-0.05, 0) is 55.3 Å². The highest BCUT2D eigenvalue weighted by Crippen LogP contribution is 2.30. The molecule has 5 rings (SSSR count). The zero-order chi connectivity index (χ0) is 21.4. The van der Waals surface area contributed by atoms with Crippen molar-refractivity contribution in [3.8, 4) is 22.9 Å². The van der Waals surface area contributed by atoms with E-state index in [2.05, 4.69) is 15.3 Å². The minimum Gasteiger partial charge on any atom is -0.459 e. The molecular weight excluding hydrogens is 401 g/mol. The van der Waals surface area contributed by atoms with Crippen LogP contribution in [0.3, 0.4) is 0 Å². The summed E-state index contributed by atoms with van der Waals surface area (Å²) < 4.78 is 25.8. The molecule has 3 aromatic heterocycles. The lowest BCUT2D eigenvalue weighted by molar-refractivity contribution is 0.0695. The van der Waals surface area contributed by atoms with Gasteiger partial charge >= 0.3 is 0 Å². The van der Waals surface area contributed by atoms with E-state index in [1.807, 2.05) is 4.90 Å². The summed E-state index contributed by atoms with van der Waals surface area (Å²) in [4.78, 5) is 14.9. The van der Waals surface area contributed by atoms with E-state index >= 15 is 0 Å². The van der Waals surface area contributed by atoms with E-state index in [1.54, 1.807) is 48.3 Å². The Morgan fingerprint density at radius 2 is 1.90 bits per heavy atom. The first-order valence-corrected chi connectivity index (χ1v) is 10.0. The van der Waals surface area contributed by atoms with Crippen molar-refractivity contribution in [1.29, 1.82) is 0 Å². The Kier molecular flexibility index (Phi) is 4.85. The Hall–Kier alpha value is -3.75. The molecule has 1 fully saturated rings. The quantitative estimate of drug-likeness (QED) is 0.497. The number of carbonyl (C=O) groups is 1. The zero-order valence-electron chi connectivity index (χ0n) is 16.9. The molecule has 158 valence electrons. The van der Waals surface area contributed by atoms with Gasteiger partial charge in [-0.3, -0.25) is 9.48 Å². The summed E-state index contributed by atoms with van der Waals surface area (Å²) in [6, 6.07) is 11.3. The van der Waals surface area contributed by atoms with Crippen LogP contribution < -0.4 is 0 Å². The highest BCUT2D eigenvalue weighted by Gasteiger charge is 2.29. The lowest BCUT2D eigenvalue weighted by Crippen LogP contribution is -2.38. The predicted molar refractivity (Wildman–Crippen MR) is 108 cm³/mol. The molecule has 0 bridgehead atoms. The van der Waals surface area contributed by atoms with Gasteiger partial charge in [-0.15, -0.1) is 10.2 Å². The number of aryl methyl sites for hydroxylation is 1. The third-order valence-electron chi connectivity index (χ3n) is 5.54. The number of hydrogen-bond acceptors (Lipinski definition) is 6. The first kappa shape index (κ1) is 19.2. The van der Waals surface area contributed by atoms with Gasteiger partial charge in [-0.25, -0.2) is 4.39 Å². The van der Waals surface area contributed by atoms with Crippen molar-refractivity contribution >= 4 is 5.91 Å². The third kappa shape index (κ3) is 3.74. The molecule has 0 atom stereocenters. The van der Waals surface area contributed by atoms with Crippen LogP contribution in [0.1, 0.15) is 35.1 Å². The Bertz CT molecular complexity index is 1190. The molecule has 9 heteroatoms. The number of carbonyl (C=O) groups excluding carboxylic acids is 1. The van der Waals surface area contributed by atoms with Crippen LogP contribution in [0.2, 0.25) is 0 Å². The van der Waals surface area contributed by atoms with Crippen molar-refractivity contribution in [2.24, 2.45) is 7.05 Å². The Morgan fingerprint density at radius 3 is 2.61 bits per heavy atom. The molecule has 0 N–H and O–H groups in total. The molecule has 8 nitrogen and oxygen atoms in total. The molecule has 31 heavy (non-hydrogen) atoms. The molecule has 1 aromatic carbocycles. The van der Waals surface area contributed by atoms with E-state index in [0.29, 0.717) is 42.0 Å². The fourth-order valence-electron chi connectivity index (χ4n) is 3.82. The van der Waals surface area contributed by atoms with E-state index in [0.717, 1.165) is 18.4 Å². The fourth-order valence-corrected chi connectivity index (χ4v) is 3.82. The van der Waals surface area contributed by atoms with Gasteiger partial charge in [0.2, 0.25) is 5.89 Å². The summed E-state index contributed by atoms with van der Waals surface area (Å²) in [6.45, 7) is 1.16. The molecule has 0 saturated carbocycles. The van der Waals surface area contributed by atoms with Crippen molar-refractivity contribution in [3.05, 3.63) is 66.1 Å². The Balaban J connectivity index is 1.26. The second-order valence-corrected chi connectivity index (χ2v) is 7.53. The summed E-state index contributed by atoms with van der Waals surface area (Å²) in [7, 11) is 1.74. The number of halogens is 1. The van der Waals surface area contributed by atoms with Crippen molar-refractivity contribution in [2.45, 2.75) is 18.8 Å². The maximum absolute atomic E-state index is 13.2. The predicted octanol–water partition coefficient (Wildman–Crippen LogP) is 3.89. The van der Waals surface area contributed by atoms with E-state index in [4.69, 9.17) is 8.83 Å². The minimum absolute atomic E-state index is 0.0800. The monoisotopic (exact) mass is 421 g/mol. The summed E-state index contributed by atoms with van der Waals surface area (Å²) in [5.74, 6) is 1.18. The molecule has 0 radical (unpaired) electrons. The van der Waals surface area contributed by atoms with E-state index in [-0.39, 0.29) is 17.6 Å². The van der Waals surface area contributed by atoms with Crippen LogP contribution in [0.5, 0.6) is 0 Å². The number of furan rings is 1. The molecule has 0 aliphatic carbocycles. The number of nitrogens with zero attached hydrogens (tertiary/aromatic N) is 5. The normalized spacial score (nSPS) is 14.8. The highest BCUT2D eigenvalue weighted by atomic mass is 19.1. The maximum atomic E-state index is 13.2. The fraction of sp³-hybridized carbons (Fsp3) is 0.273. The number of amides is 1. The standard InChI is InChI=1S/C22H20FN5O3/c1-27-18(13-17(26-27)14-4-6-16(23)7-5-14)22(29)28-10-8-15(9-11-28)20-24-25-21(31-20)19-3-2-12-30-19/h2-7,12-13,15H,8-11H2,1H3. The average molecular weight is 421 g/mol. The highest BCUT2D eigenvalue weighted by molar-refractivity contribution is 5.93. The van der Waals surface area contributed by atoms with Gasteiger partial charge in [0, 0.05) is 31.6 Å². The molecule has 1 aliphatic heterocycles. The van der Waals surface area contributed by atoms with Gasteiger partial charge in [0.1, 0.15) is 11.5 Å². The Labute approximate surface area is 177 Å². The van der Waals surface area contributed by atoms with Gasteiger partial charge in [-0.2, -0.15) is 5.10 Å². The SMILES string of the molecule is Cn1nc(-c2ccc(F)cc2)cc1C(=O)N1CCC(c2nnc(-c3ccco3)o2)CC1. The smallest absolute Gasteiger partial charge is 0.283 e. The largest absolute Gasteiger partial charge is 0.459 e. The van der Waals surface area contributed by atoms with Gasteiger partial charge < -0.3 is 13.7 Å². The molecule has 4 aromatic rings. The lowest BCUT2D eigenvalue weighted by atomic mass is 9.96. The number of rotatable bonds is 4. The Morgan fingerprint density at radius 1 is 1.13 bits per heavy atom. The van der Waals surface area contributed by atoms with Crippen LogP contribution >= 0.6 is 0 Å². The second kappa shape index (κ2) is 7.82. The topological polar surface area (TPSA) is 90.2 Å². The zero-order valence-corrected chi connectivity index (χ0v) is 16.9. The van der Waals surface area contributed by atoms with Crippen LogP contribution in [-0.2, 0) is 7.05 Å². The molecule has 1 aliphatic rings. The van der Waals surface area contributed by atoms with Crippen molar-refractivity contribution in [1.82, 2.24) is 24.9 Å². The lowest BCUT2D eigenvalue weighted by Gasteiger charge is -2.30.